The Kier molecular flexibility index (Phi) is 15.6. The second kappa shape index (κ2) is 17.8. The van der Waals surface area contributed by atoms with Crippen molar-refractivity contribution in [3.63, 3.8) is 0 Å². The summed E-state index contributed by atoms with van der Waals surface area (Å²) in [5.41, 5.74) is 10.1. The molecule has 2 aliphatic rings. The van der Waals surface area contributed by atoms with Crippen LogP contribution in [-0.2, 0) is 10.2 Å². The monoisotopic (exact) mass is 667 g/mol. The molecule has 1 heterocycles. The van der Waals surface area contributed by atoms with E-state index in [1.165, 1.54) is 13.1 Å². The minimum absolute atomic E-state index is 0. The molecule has 2 saturated carbocycles. The maximum atomic E-state index is 15.0. The first-order chi connectivity index (χ1) is 20.8. The van der Waals surface area contributed by atoms with Crippen LogP contribution in [0, 0.1) is 11.6 Å². The Morgan fingerprint density at radius 1 is 1.22 bits per heavy atom. The number of aldehydes is 1. The third kappa shape index (κ3) is 9.56. The quantitative estimate of drug-likeness (QED) is 0.110. The maximum Gasteiger partial charge on any atom is 1.00 e. The van der Waals surface area contributed by atoms with E-state index in [2.05, 4.69) is 30.0 Å². The van der Waals surface area contributed by atoms with E-state index >= 15 is 4.39 Å². The summed E-state index contributed by atoms with van der Waals surface area (Å²) >= 11 is 5.88. The van der Waals surface area contributed by atoms with Gasteiger partial charge in [-0.05, 0) is 81.0 Å². The van der Waals surface area contributed by atoms with Crippen LogP contribution in [-0.4, -0.2) is 38.0 Å². The molecule has 12 heteroatoms. The molecule has 3 aromatic rings. The molecule has 1 atom stereocenters. The number of nitrogens with two attached hydrogens (primary N) is 1. The zero-order chi connectivity index (χ0) is 31.1. The number of rotatable bonds is 13. The number of carbonyl (C=O) groups is 1. The number of hydrogen-bond acceptors (Lipinski definition) is 7. The average molecular weight is 668 g/mol. The molecular weight excluding hydrogens is 627 g/mol. The average Bonchev–Trinajstić information content (AvgIpc) is 3.96. The molecule has 8 nitrogen and oxygen atoms in total. The van der Waals surface area contributed by atoms with E-state index in [1.807, 2.05) is 18.3 Å². The topological polar surface area (TPSA) is 136 Å². The SMILES string of the molecule is C=c1c(OC)cc(O[N-]CC(CCC)c2cc(C3(C=O)CC3)cc(-c3ccc(F)c(Cl)c3F)n2)c/c1=C\NC1CC1.CN.N.[K+]. The van der Waals surface area contributed by atoms with Crippen molar-refractivity contribution < 1.29 is 74.5 Å². The minimum atomic E-state index is -0.884. The summed E-state index contributed by atoms with van der Waals surface area (Å²) in [7, 11) is 3.08. The van der Waals surface area contributed by atoms with Gasteiger partial charge in [0.05, 0.1) is 18.2 Å². The van der Waals surface area contributed by atoms with Crippen LogP contribution in [0.2, 0.25) is 5.02 Å². The van der Waals surface area contributed by atoms with E-state index in [-0.39, 0.29) is 75.6 Å². The Bertz CT molecular complexity index is 1570. The van der Waals surface area contributed by atoms with Gasteiger partial charge in [-0.3, -0.25) is 4.98 Å². The van der Waals surface area contributed by atoms with Gasteiger partial charge in [0.25, 0.3) is 0 Å². The third-order valence-corrected chi connectivity index (χ3v) is 8.10. The van der Waals surface area contributed by atoms with Gasteiger partial charge in [-0.25, -0.2) is 8.78 Å². The second-order valence-corrected chi connectivity index (χ2v) is 11.2. The fourth-order valence-electron chi connectivity index (χ4n) is 4.86. The fourth-order valence-corrected chi connectivity index (χ4v) is 5.03. The van der Waals surface area contributed by atoms with Gasteiger partial charge >= 0.3 is 51.4 Å². The van der Waals surface area contributed by atoms with Crippen LogP contribution in [0.1, 0.15) is 62.6 Å². The number of ether oxygens (including phenoxy) is 1. The number of nitrogens with one attached hydrogen (secondary N) is 1. The van der Waals surface area contributed by atoms with Crippen LogP contribution in [0.3, 0.4) is 0 Å². The predicted molar refractivity (Wildman–Crippen MR) is 172 cm³/mol. The molecule has 45 heavy (non-hydrogen) atoms. The molecule has 0 bridgehead atoms. The minimum Gasteiger partial charge on any atom is -0.587 e. The van der Waals surface area contributed by atoms with Crippen LogP contribution in [0.15, 0.2) is 36.4 Å². The first-order valence-corrected chi connectivity index (χ1v) is 14.8. The number of methoxy groups -OCH3 is 1. The Morgan fingerprint density at radius 2 is 1.93 bits per heavy atom. The standard InChI is InChI=1S/C32H33ClF2N3O3.CH5N.K.H3N/c1-4-5-20(17-37-41-24-12-21(16-36-23-6-7-23)19(2)29(15-24)40-3)27-13-22(32(18-39)10-11-32)14-28(38-27)25-8-9-26(34)30(33)31(25)35;1-2;;/h8-9,12-16,18,20,23,36H,2,4-7,10-11,17H2,1,3H3;2H2,1H3;;1H3/q-1;;+1;/b21-16+;;;. The Balaban J connectivity index is 0.00000173. The van der Waals surface area contributed by atoms with Gasteiger partial charge in [0.1, 0.15) is 28.6 Å². The van der Waals surface area contributed by atoms with E-state index in [4.69, 9.17) is 26.2 Å². The predicted octanol–water partition coefficient (Wildman–Crippen LogP) is 2.81. The van der Waals surface area contributed by atoms with Gasteiger partial charge in [0, 0.05) is 40.0 Å². The number of nitrogens with zero attached hydrogens (tertiary/aromatic N) is 2. The third-order valence-electron chi connectivity index (χ3n) is 7.75. The van der Waals surface area contributed by atoms with Crippen molar-refractivity contribution in [2.24, 2.45) is 5.73 Å². The largest absolute Gasteiger partial charge is 1.00 e. The molecule has 0 spiro atoms. The summed E-state index contributed by atoms with van der Waals surface area (Å²) in [6.07, 6.45) is 8.15. The summed E-state index contributed by atoms with van der Waals surface area (Å²) in [4.78, 5) is 22.6. The Labute approximate surface area is 311 Å². The van der Waals surface area contributed by atoms with Crippen LogP contribution in [0.5, 0.6) is 11.5 Å². The van der Waals surface area contributed by atoms with Crippen molar-refractivity contribution in [3.05, 3.63) is 80.2 Å². The van der Waals surface area contributed by atoms with Crippen LogP contribution in [0.25, 0.3) is 29.5 Å². The molecular formula is C33H41ClF2KN5O3. The van der Waals surface area contributed by atoms with Crippen LogP contribution >= 0.6 is 11.6 Å². The summed E-state index contributed by atoms with van der Waals surface area (Å²) in [5, 5.41) is 4.39. The summed E-state index contributed by atoms with van der Waals surface area (Å²) in [6, 6.07) is 10.1. The van der Waals surface area contributed by atoms with E-state index < -0.39 is 22.1 Å². The van der Waals surface area contributed by atoms with Gasteiger partial charge < -0.3 is 37.1 Å². The molecule has 2 aliphatic carbocycles. The first kappa shape index (κ1) is 39.2. The number of hydroxylamine groups is 1. The summed E-state index contributed by atoms with van der Waals surface area (Å²) in [6.45, 7) is 6.45. The van der Waals surface area contributed by atoms with Crippen molar-refractivity contribution in [1.29, 1.82) is 0 Å². The number of pyridine rings is 1. The molecule has 5 rings (SSSR count). The summed E-state index contributed by atoms with van der Waals surface area (Å²) < 4.78 is 34.4. The zero-order valence-electron chi connectivity index (χ0n) is 26.5. The van der Waals surface area contributed by atoms with Crippen LogP contribution < -0.4 is 88.6 Å². The molecule has 0 amide bonds. The smallest absolute Gasteiger partial charge is 0.587 e. The van der Waals surface area contributed by atoms with E-state index in [9.17, 15) is 9.18 Å². The molecule has 2 aromatic carbocycles. The van der Waals surface area contributed by atoms with Crippen molar-refractivity contribution in [3.8, 4) is 22.8 Å². The van der Waals surface area contributed by atoms with Gasteiger partial charge in [0.15, 0.2) is 5.82 Å². The van der Waals surface area contributed by atoms with Crippen molar-refractivity contribution in [2.75, 3.05) is 20.7 Å². The van der Waals surface area contributed by atoms with Gasteiger partial charge in [-0.1, -0.05) is 31.5 Å². The van der Waals surface area contributed by atoms with Crippen molar-refractivity contribution in [2.45, 2.75) is 62.8 Å². The molecule has 238 valence electrons. The fraction of sp³-hybridized carbons (Fsp3) is 0.394. The van der Waals surface area contributed by atoms with Gasteiger partial charge in [-0.15, -0.1) is 6.54 Å². The van der Waals surface area contributed by atoms with E-state index in [0.29, 0.717) is 41.8 Å². The molecule has 0 radical (unpaired) electrons. The molecule has 1 aromatic heterocycles. The number of halogens is 3. The van der Waals surface area contributed by atoms with E-state index in [1.54, 1.807) is 19.2 Å². The second-order valence-electron chi connectivity index (χ2n) is 10.8. The first-order valence-electron chi connectivity index (χ1n) is 14.5. The maximum absolute atomic E-state index is 15.0. The normalized spacial score (nSPS) is 15.4. The van der Waals surface area contributed by atoms with Crippen molar-refractivity contribution >= 4 is 30.7 Å². The number of hydrogen-bond donors (Lipinski definition) is 3. The Hall–Kier alpha value is -1.93. The zero-order valence-corrected chi connectivity index (χ0v) is 30.3. The van der Waals surface area contributed by atoms with Crippen LogP contribution in [0.4, 0.5) is 8.78 Å². The number of aromatic nitrogens is 1. The number of benzene rings is 2. The summed E-state index contributed by atoms with van der Waals surface area (Å²) in [5.74, 6) is -0.796. The number of carbonyl (C=O) groups excluding carboxylic acids is 1. The molecule has 6 N–H and O–H groups in total. The molecule has 0 aliphatic heterocycles. The van der Waals surface area contributed by atoms with Gasteiger partial charge in [0.2, 0.25) is 0 Å². The molecule has 2 fully saturated rings. The molecule has 0 saturated heterocycles. The molecule has 1 unspecified atom stereocenters. The van der Waals surface area contributed by atoms with E-state index in [0.717, 1.165) is 54.0 Å². The Morgan fingerprint density at radius 3 is 2.53 bits per heavy atom. The van der Waals surface area contributed by atoms with Crippen molar-refractivity contribution in [1.82, 2.24) is 16.5 Å². The van der Waals surface area contributed by atoms with Gasteiger partial charge in [-0.2, -0.15) is 0 Å².